The molecule has 2 fully saturated rings. The highest BCUT2D eigenvalue weighted by Crippen LogP contribution is 2.30. The summed E-state index contributed by atoms with van der Waals surface area (Å²) in [5.41, 5.74) is 0.509. The third kappa shape index (κ3) is 5.10. The van der Waals surface area contributed by atoms with Gasteiger partial charge in [-0.25, -0.2) is 4.39 Å². The first kappa shape index (κ1) is 18.0. The van der Waals surface area contributed by atoms with Crippen molar-refractivity contribution in [2.75, 3.05) is 13.2 Å². The van der Waals surface area contributed by atoms with E-state index >= 15 is 0 Å². The summed E-state index contributed by atoms with van der Waals surface area (Å²) in [7, 11) is 0. The Balaban J connectivity index is 1.47. The molecule has 0 amide bonds. The Morgan fingerprint density at radius 2 is 1.40 bits per heavy atom. The minimum atomic E-state index is -0.325. The van der Waals surface area contributed by atoms with Crippen molar-refractivity contribution in [1.29, 1.82) is 0 Å². The first-order chi connectivity index (χ1) is 12.2. The lowest BCUT2D eigenvalue weighted by Crippen LogP contribution is -2.08. The molecule has 1 aromatic carbocycles. The fourth-order valence-corrected chi connectivity index (χ4v) is 3.46. The van der Waals surface area contributed by atoms with Gasteiger partial charge >= 0.3 is 0 Å². The van der Waals surface area contributed by atoms with Crippen LogP contribution in [0.2, 0.25) is 0 Å². The summed E-state index contributed by atoms with van der Waals surface area (Å²) in [6, 6.07) is 3.46. The molecule has 2 saturated carbocycles. The number of hydrogen-bond acceptors (Lipinski definition) is 2. The van der Waals surface area contributed by atoms with Crippen molar-refractivity contribution < 1.29 is 13.9 Å². The van der Waals surface area contributed by atoms with Gasteiger partial charge in [0.1, 0.15) is 19.0 Å². The number of benzene rings is 1. The standard InChI is InChI=1S/C22H29FO2/c1-17-20(24-15-5-11-18-7-2-3-8-18)13-14-21(22(17)23)25-16-6-12-19-9-4-10-19/h5-6,11-14,18-19H,2-4,7-10,15-16H2,1H3/b11-5+,12-6+. The van der Waals surface area contributed by atoms with Crippen molar-refractivity contribution in [3.8, 4) is 11.5 Å². The lowest BCUT2D eigenvalue weighted by atomic mass is 9.85. The average molecular weight is 344 g/mol. The number of rotatable bonds is 8. The van der Waals surface area contributed by atoms with E-state index in [9.17, 15) is 4.39 Å². The van der Waals surface area contributed by atoms with Crippen LogP contribution >= 0.6 is 0 Å². The Labute approximate surface area is 150 Å². The summed E-state index contributed by atoms with van der Waals surface area (Å²) < 4.78 is 25.7. The minimum Gasteiger partial charge on any atom is -0.489 e. The van der Waals surface area contributed by atoms with Gasteiger partial charge in [0.2, 0.25) is 0 Å². The molecular weight excluding hydrogens is 315 g/mol. The fraction of sp³-hybridized carbons (Fsp3) is 0.545. The number of allylic oxidation sites excluding steroid dienone is 2. The second-order valence-electron chi connectivity index (χ2n) is 7.21. The third-order valence-electron chi connectivity index (χ3n) is 5.34. The fourth-order valence-electron chi connectivity index (χ4n) is 3.46. The minimum absolute atomic E-state index is 0.296. The lowest BCUT2D eigenvalue weighted by molar-refractivity contribution is 0.327. The van der Waals surface area contributed by atoms with Crippen LogP contribution in [0.4, 0.5) is 4.39 Å². The first-order valence-electron chi connectivity index (χ1n) is 9.62. The normalized spacial score (nSPS) is 19.0. The van der Waals surface area contributed by atoms with Crippen LogP contribution in [0, 0.1) is 24.6 Å². The molecule has 0 bridgehead atoms. The van der Waals surface area contributed by atoms with Gasteiger partial charge in [-0.3, -0.25) is 0 Å². The Kier molecular flexibility index (Phi) is 6.55. The van der Waals surface area contributed by atoms with Gasteiger partial charge in [0.25, 0.3) is 0 Å². The highest BCUT2D eigenvalue weighted by molar-refractivity contribution is 5.41. The Hall–Kier alpha value is -1.77. The molecule has 0 atom stereocenters. The molecule has 1 aromatic rings. The molecular formula is C22H29FO2. The van der Waals surface area contributed by atoms with E-state index in [1.54, 1.807) is 19.1 Å². The molecule has 0 saturated heterocycles. The smallest absolute Gasteiger partial charge is 0.171 e. The van der Waals surface area contributed by atoms with E-state index in [-0.39, 0.29) is 5.82 Å². The summed E-state index contributed by atoms with van der Waals surface area (Å²) in [4.78, 5) is 0. The molecule has 0 unspecified atom stereocenters. The lowest BCUT2D eigenvalue weighted by Gasteiger charge is -2.21. The zero-order valence-electron chi connectivity index (χ0n) is 15.2. The molecule has 136 valence electrons. The molecule has 0 aromatic heterocycles. The quantitative estimate of drug-likeness (QED) is 0.539. The highest BCUT2D eigenvalue weighted by Gasteiger charge is 2.14. The average Bonchev–Trinajstić information content (AvgIpc) is 3.08. The van der Waals surface area contributed by atoms with Crippen LogP contribution in [0.5, 0.6) is 11.5 Å². The van der Waals surface area contributed by atoms with Crippen LogP contribution in [0.3, 0.4) is 0 Å². The summed E-state index contributed by atoms with van der Waals surface area (Å²) in [5, 5.41) is 0. The van der Waals surface area contributed by atoms with Gasteiger partial charge in [0.05, 0.1) is 0 Å². The van der Waals surface area contributed by atoms with E-state index in [4.69, 9.17) is 9.47 Å². The molecule has 2 nitrogen and oxygen atoms in total. The van der Waals surface area contributed by atoms with E-state index < -0.39 is 0 Å². The largest absolute Gasteiger partial charge is 0.489 e. The monoisotopic (exact) mass is 344 g/mol. The van der Waals surface area contributed by atoms with Gasteiger partial charge in [-0.15, -0.1) is 0 Å². The van der Waals surface area contributed by atoms with Crippen LogP contribution in [0.15, 0.2) is 36.4 Å². The van der Waals surface area contributed by atoms with Gasteiger partial charge in [0.15, 0.2) is 11.6 Å². The van der Waals surface area contributed by atoms with Crippen LogP contribution in [0.25, 0.3) is 0 Å². The maximum Gasteiger partial charge on any atom is 0.171 e. The van der Waals surface area contributed by atoms with Crippen molar-refractivity contribution in [3.05, 3.63) is 47.8 Å². The van der Waals surface area contributed by atoms with E-state index in [1.165, 1.54) is 44.9 Å². The van der Waals surface area contributed by atoms with Gasteiger partial charge in [-0.2, -0.15) is 0 Å². The molecule has 0 radical (unpaired) electrons. The van der Waals surface area contributed by atoms with Crippen molar-refractivity contribution in [1.82, 2.24) is 0 Å². The van der Waals surface area contributed by atoms with Crippen LogP contribution in [-0.2, 0) is 0 Å². The van der Waals surface area contributed by atoms with Crippen molar-refractivity contribution >= 4 is 0 Å². The van der Waals surface area contributed by atoms with E-state index in [1.807, 2.05) is 6.08 Å². The van der Waals surface area contributed by atoms with Crippen molar-refractivity contribution in [2.45, 2.75) is 51.9 Å². The van der Waals surface area contributed by atoms with Crippen LogP contribution < -0.4 is 9.47 Å². The SMILES string of the molecule is Cc1c(OC/C=C/C2CCCC2)ccc(OC/C=C/C2CCC2)c1F. The van der Waals surface area contributed by atoms with Gasteiger partial charge in [-0.1, -0.05) is 43.6 Å². The predicted molar refractivity (Wildman–Crippen MR) is 99.7 cm³/mol. The van der Waals surface area contributed by atoms with Crippen molar-refractivity contribution in [2.24, 2.45) is 11.8 Å². The van der Waals surface area contributed by atoms with Gasteiger partial charge in [-0.05, 0) is 56.6 Å². The Morgan fingerprint density at radius 3 is 1.96 bits per heavy atom. The van der Waals surface area contributed by atoms with Gasteiger partial charge in [0, 0.05) is 5.56 Å². The zero-order valence-corrected chi connectivity index (χ0v) is 15.2. The van der Waals surface area contributed by atoms with E-state index in [0.717, 1.165) is 0 Å². The predicted octanol–water partition coefficient (Wildman–Crippen LogP) is 5.99. The molecule has 2 aliphatic carbocycles. The summed E-state index contributed by atoms with van der Waals surface area (Å²) in [6.45, 7) is 2.64. The Bertz CT molecular complexity index is 611. The first-order valence-corrected chi connectivity index (χ1v) is 9.62. The molecule has 2 aliphatic rings. The molecule has 0 spiro atoms. The third-order valence-corrected chi connectivity index (χ3v) is 5.34. The maximum absolute atomic E-state index is 14.4. The second-order valence-corrected chi connectivity index (χ2v) is 7.21. The zero-order chi connectivity index (χ0) is 17.5. The topological polar surface area (TPSA) is 18.5 Å². The van der Waals surface area contributed by atoms with Crippen molar-refractivity contribution in [3.63, 3.8) is 0 Å². The molecule has 3 heteroatoms. The molecule has 0 heterocycles. The highest BCUT2D eigenvalue weighted by atomic mass is 19.1. The maximum atomic E-state index is 14.4. The van der Waals surface area contributed by atoms with E-state index in [0.29, 0.717) is 42.1 Å². The second kappa shape index (κ2) is 9.07. The van der Waals surface area contributed by atoms with Gasteiger partial charge < -0.3 is 9.47 Å². The van der Waals surface area contributed by atoms with Crippen LogP contribution in [0.1, 0.15) is 50.5 Å². The summed E-state index contributed by atoms with van der Waals surface area (Å²) in [6.07, 6.45) is 17.6. The molecule has 3 rings (SSSR count). The molecule has 0 aliphatic heterocycles. The van der Waals surface area contributed by atoms with E-state index in [2.05, 4.69) is 18.2 Å². The molecule has 25 heavy (non-hydrogen) atoms. The van der Waals surface area contributed by atoms with Crippen LogP contribution in [-0.4, -0.2) is 13.2 Å². The molecule has 0 N–H and O–H groups in total. The number of hydrogen-bond donors (Lipinski definition) is 0. The Morgan fingerprint density at radius 1 is 0.880 bits per heavy atom. The number of halogens is 1. The number of ether oxygens (including phenoxy) is 2. The summed E-state index contributed by atoms with van der Waals surface area (Å²) >= 11 is 0. The summed E-state index contributed by atoms with van der Waals surface area (Å²) in [5.74, 6) is 1.96.